The van der Waals surface area contributed by atoms with Crippen LogP contribution in [0.4, 0.5) is 0 Å². The molecule has 1 N–H and O–H groups in total. The molecule has 0 unspecified atom stereocenters. The molecule has 100 valence electrons. The molecule has 0 radical (unpaired) electrons. The van der Waals surface area contributed by atoms with E-state index in [4.69, 9.17) is 11.6 Å². The molecule has 7 heteroatoms. The first-order valence-electron chi connectivity index (χ1n) is 5.11. The van der Waals surface area contributed by atoms with Gasteiger partial charge in [-0.2, -0.15) is 0 Å². The molecule has 1 aromatic carbocycles. The zero-order chi connectivity index (χ0) is 13.8. The van der Waals surface area contributed by atoms with Gasteiger partial charge in [0.1, 0.15) is 0 Å². The van der Waals surface area contributed by atoms with Crippen LogP contribution in [0.15, 0.2) is 24.3 Å². The quantitative estimate of drug-likeness (QED) is 0.834. The lowest BCUT2D eigenvalue weighted by Gasteiger charge is -2.16. The van der Waals surface area contributed by atoms with Crippen LogP contribution in [-0.2, 0) is 19.6 Å². The predicted molar refractivity (Wildman–Crippen MR) is 68.8 cm³/mol. The molecule has 0 aromatic heterocycles. The standard InChI is InChI=1S/C11H14ClNO4S/c1-17-11(14)7-10(13-18(2,15)16)8-3-5-9(12)6-4-8/h3-6,10,13H,7H2,1-2H3/t10-/m0/s1. The van der Waals surface area contributed by atoms with E-state index in [1.807, 2.05) is 0 Å². The molecule has 0 fully saturated rings. The minimum atomic E-state index is -3.43. The number of hydrogen-bond donors (Lipinski definition) is 1. The van der Waals surface area contributed by atoms with Gasteiger partial charge in [-0.25, -0.2) is 13.1 Å². The van der Waals surface area contributed by atoms with Gasteiger partial charge in [0, 0.05) is 5.02 Å². The Balaban J connectivity index is 2.96. The monoisotopic (exact) mass is 291 g/mol. The Hall–Kier alpha value is -1.11. The smallest absolute Gasteiger partial charge is 0.307 e. The Labute approximate surface area is 111 Å². The summed E-state index contributed by atoms with van der Waals surface area (Å²) < 4.78 is 29.5. The van der Waals surface area contributed by atoms with Gasteiger partial charge in [0.05, 0.1) is 25.8 Å². The number of rotatable bonds is 5. The van der Waals surface area contributed by atoms with Crippen molar-refractivity contribution in [1.29, 1.82) is 0 Å². The van der Waals surface area contributed by atoms with Crippen molar-refractivity contribution in [1.82, 2.24) is 4.72 Å². The van der Waals surface area contributed by atoms with Gasteiger partial charge in [-0.3, -0.25) is 4.79 Å². The second-order valence-corrected chi connectivity index (χ2v) is 5.99. The van der Waals surface area contributed by atoms with E-state index in [0.29, 0.717) is 10.6 Å². The number of carbonyl (C=O) groups is 1. The fourth-order valence-corrected chi connectivity index (χ4v) is 2.29. The third-order valence-electron chi connectivity index (χ3n) is 2.23. The van der Waals surface area contributed by atoms with Crippen LogP contribution in [-0.4, -0.2) is 27.8 Å². The molecule has 0 bridgehead atoms. The van der Waals surface area contributed by atoms with E-state index in [1.54, 1.807) is 24.3 Å². The van der Waals surface area contributed by atoms with Crippen LogP contribution >= 0.6 is 11.6 Å². The third kappa shape index (κ3) is 5.03. The summed E-state index contributed by atoms with van der Waals surface area (Å²) in [6, 6.07) is 5.92. The van der Waals surface area contributed by atoms with E-state index in [9.17, 15) is 13.2 Å². The van der Waals surface area contributed by atoms with Crippen LogP contribution < -0.4 is 4.72 Å². The summed E-state index contributed by atoms with van der Waals surface area (Å²) >= 11 is 5.75. The van der Waals surface area contributed by atoms with Crippen LogP contribution in [0.1, 0.15) is 18.0 Å². The average Bonchev–Trinajstić information content (AvgIpc) is 2.27. The lowest BCUT2D eigenvalue weighted by Crippen LogP contribution is -2.29. The Morgan fingerprint density at radius 2 is 1.94 bits per heavy atom. The SMILES string of the molecule is COC(=O)C[C@H](NS(C)(=O)=O)c1ccc(Cl)cc1. The summed E-state index contributed by atoms with van der Waals surface area (Å²) in [5, 5.41) is 0.537. The highest BCUT2D eigenvalue weighted by Gasteiger charge is 2.20. The maximum atomic E-state index is 11.3. The van der Waals surface area contributed by atoms with Gasteiger partial charge in [-0.05, 0) is 17.7 Å². The molecule has 1 rings (SSSR count). The molecular weight excluding hydrogens is 278 g/mol. The molecule has 0 aliphatic rings. The molecule has 5 nitrogen and oxygen atoms in total. The number of sulfonamides is 1. The summed E-state index contributed by atoms with van der Waals surface area (Å²) in [7, 11) is -2.17. The molecule has 0 saturated carbocycles. The molecular formula is C11H14ClNO4S. The summed E-state index contributed by atoms with van der Waals surface area (Å²) in [5.74, 6) is -0.494. The van der Waals surface area contributed by atoms with E-state index >= 15 is 0 Å². The van der Waals surface area contributed by atoms with Crippen molar-refractivity contribution < 1.29 is 17.9 Å². The van der Waals surface area contributed by atoms with E-state index in [0.717, 1.165) is 6.26 Å². The molecule has 0 amide bonds. The highest BCUT2D eigenvalue weighted by molar-refractivity contribution is 7.88. The van der Waals surface area contributed by atoms with Crippen LogP contribution in [0.25, 0.3) is 0 Å². The lowest BCUT2D eigenvalue weighted by atomic mass is 10.1. The normalized spacial score (nSPS) is 13.1. The number of ether oxygens (including phenoxy) is 1. The second kappa shape index (κ2) is 6.17. The van der Waals surface area contributed by atoms with Gasteiger partial charge in [-0.1, -0.05) is 23.7 Å². The van der Waals surface area contributed by atoms with Gasteiger partial charge < -0.3 is 4.74 Å². The Morgan fingerprint density at radius 1 is 1.39 bits per heavy atom. The van der Waals surface area contributed by atoms with Gasteiger partial charge >= 0.3 is 5.97 Å². The Bertz CT molecular complexity index is 512. The Kier molecular flexibility index (Phi) is 5.13. The first-order chi connectivity index (χ1) is 8.31. The van der Waals surface area contributed by atoms with E-state index < -0.39 is 22.0 Å². The molecule has 0 aliphatic carbocycles. The van der Waals surface area contributed by atoms with Crippen molar-refractivity contribution in [2.75, 3.05) is 13.4 Å². The van der Waals surface area contributed by atoms with Crippen molar-refractivity contribution in [2.45, 2.75) is 12.5 Å². The molecule has 0 saturated heterocycles. The maximum absolute atomic E-state index is 11.3. The number of esters is 1. The van der Waals surface area contributed by atoms with Crippen molar-refractivity contribution >= 4 is 27.6 Å². The highest BCUT2D eigenvalue weighted by atomic mass is 35.5. The van der Waals surface area contributed by atoms with Crippen molar-refractivity contribution in [3.05, 3.63) is 34.9 Å². The van der Waals surface area contributed by atoms with Crippen LogP contribution in [0.5, 0.6) is 0 Å². The molecule has 18 heavy (non-hydrogen) atoms. The van der Waals surface area contributed by atoms with Gasteiger partial charge in [0.15, 0.2) is 0 Å². The molecule has 0 heterocycles. The fraction of sp³-hybridized carbons (Fsp3) is 0.364. The van der Waals surface area contributed by atoms with Crippen molar-refractivity contribution in [2.24, 2.45) is 0 Å². The van der Waals surface area contributed by atoms with Crippen LogP contribution in [0, 0.1) is 0 Å². The highest BCUT2D eigenvalue weighted by Crippen LogP contribution is 2.20. The number of carbonyl (C=O) groups excluding carboxylic acids is 1. The van der Waals surface area contributed by atoms with E-state index in [2.05, 4.69) is 9.46 Å². The second-order valence-electron chi connectivity index (χ2n) is 3.77. The zero-order valence-corrected chi connectivity index (χ0v) is 11.6. The van der Waals surface area contributed by atoms with Crippen molar-refractivity contribution in [3.63, 3.8) is 0 Å². The first kappa shape index (κ1) is 14.9. The van der Waals surface area contributed by atoms with E-state index in [1.165, 1.54) is 7.11 Å². The largest absolute Gasteiger partial charge is 0.469 e. The molecule has 1 atom stereocenters. The average molecular weight is 292 g/mol. The number of nitrogens with one attached hydrogen (secondary N) is 1. The summed E-state index contributed by atoms with van der Waals surface area (Å²) in [6.07, 6.45) is 0.957. The first-order valence-corrected chi connectivity index (χ1v) is 7.38. The van der Waals surface area contributed by atoms with Gasteiger partial charge in [0.25, 0.3) is 0 Å². The topological polar surface area (TPSA) is 72.5 Å². The lowest BCUT2D eigenvalue weighted by molar-refractivity contribution is -0.141. The number of benzene rings is 1. The number of methoxy groups -OCH3 is 1. The molecule has 0 aliphatic heterocycles. The molecule has 1 aromatic rings. The number of halogens is 1. The van der Waals surface area contributed by atoms with Crippen LogP contribution in [0.3, 0.4) is 0 Å². The maximum Gasteiger partial charge on any atom is 0.307 e. The predicted octanol–water partition coefficient (Wildman–Crippen LogP) is 1.49. The summed E-state index contributed by atoms with van der Waals surface area (Å²) in [4.78, 5) is 11.3. The fourth-order valence-electron chi connectivity index (χ4n) is 1.43. The van der Waals surface area contributed by atoms with Crippen molar-refractivity contribution in [3.8, 4) is 0 Å². The number of hydrogen-bond acceptors (Lipinski definition) is 4. The minimum Gasteiger partial charge on any atom is -0.469 e. The van der Waals surface area contributed by atoms with Crippen LogP contribution in [0.2, 0.25) is 5.02 Å². The minimum absolute atomic E-state index is 0.0782. The summed E-state index contributed by atoms with van der Waals surface area (Å²) in [5.41, 5.74) is 0.648. The Morgan fingerprint density at radius 3 is 2.39 bits per heavy atom. The molecule has 0 spiro atoms. The van der Waals surface area contributed by atoms with E-state index in [-0.39, 0.29) is 6.42 Å². The van der Waals surface area contributed by atoms with Gasteiger partial charge in [0.2, 0.25) is 10.0 Å². The summed E-state index contributed by atoms with van der Waals surface area (Å²) in [6.45, 7) is 0. The van der Waals surface area contributed by atoms with Gasteiger partial charge in [-0.15, -0.1) is 0 Å². The third-order valence-corrected chi connectivity index (χ3v) is 3.19. The zero-order valence-electron chi connectivity index (χ0n) is 10.0.